The van der Waals surface area contributed by atoms with E-state index in [4.69, 9.17) is 9.84 Å². The van der Waals surface area contributed by atoms with Gasteiger partial charge < -0.3 is 20.1 Å². The van der Waals surface area contributed by atoms with E-state index >= 15 is 0 Å². The van der Waals surface area contributed by atoms with E-state index in [2.05, 4.69) is 5.32 Å². The Hall–Kier alpha value is -2.16. The summed E-state index contributed by atoms with van der Waals surface area (Å²) in [4.78, 5) is 47.6. The van der Waals surface area contributed by atoms with Crippen molar-refractivity contribution in [1.29, 1.82) is 0 Å². The van der Waals surface area contributed by atoms with Gasteiger partial charge >= 0.3 is 12.0 Å². The lowest BCUT2D eigenvalue weighted by molar-refractivity contribution is -0.142. The minimum absolute atomic E-state index is 0.0852. The van der Waals surface area contributed by atoms with E-state index < -0.39 is 36.4 Å². The molecule has 0 bridgehead atoms. The molecule has 1 unspecified atom stereocenters. The number of ether oxygens (including phenoxy) is 1. The number of nitrogens with zero attached hydrogens (tertiary/aromatic N) is 2. The second-order valence-electron chi connectivity index (χ2n) is 4.36. The first kappa shape index (κ1) is 15.9. The molecular weight excluding hydrogens is 270 g/mol. The van der Waals surface area contributed by atoms with Crippen LogP contribution in [0, 0.1) is 0 Å². The van der Waals surface area contributed by atoms with Gasteiger partial charge in [-0.1, -0.05) is 0 Å². The van der Waals surface area contributed by atoms with Crippen LogP contribution in [-0.4, -0.2) is 78.6 Å². The number of rotatable bonds is 7. The molecule has 9 heteroatoms. The van der Waals surface area contributed by atoms with Crippen LogP contribution in [0.25, 0.3) is 0 Å². The Balaban J connectivity index is 2.55. The van der Waals surface area contributed by atoms with Gasteiger partial charge in [-0.25, -0.2) is 9.59 Å². The fourth-order valence-electron chi connectivity index (χ4n) is 1.70. The van der Waals surface area contributed by atoms with Crippen molar-refractivity contribution in [2.24, 2.45) is 0 Å². The number of hydrogen-bond donors (Lipinski definition) is 2. The molecule has 0 spiro atoms. The molecule has 2 N–H and O–H groups in total. The van der Waals surface area contributed by atoms with Gasteiger partial charge in [-0.05, 0) is 0 Å². The van der Waals surface area contributed by atoms with Crippen LogP contribution in [0.3, 0.4) is 0 Å². The summed E-state index contributed by atoms with van der Waals surface area (Å²) in [6.07, 6.45) is 0.0966. The summed E-state index contributed by atoms with van der Waals surface area (Å²) in [6.45, 7) is -0.404. The van der Waals surface area contributed by atoms with Crippen molar-refractivity contribution in [3.8, 4) is 0 Å². The second kappa shape index (κ2) is 6.85. The molecule has 112 valence electrons. The molecule has 0 aromatic rings. The van der Waals surface area contributed by atoms with Crippen LogP contribution in [0.15, 0.2) is 0 Å². The molecule has 0 aromatic carbocycles. The number of methoxy groups -OCH3 is 1. The van der Waals surface area contributed by atoms with Gasteiger partial charge in [-0.3, -0.25) is 14.5 Å². The highest BCUT2D eigenvalue weighted by Crippen LogP contribution is 2.07. The smallest absolute Gasteiger partial charge is 0.327 e. The first-order valence-corrected chi connectivity index (χ1v) is 5.93. The van der Waals surface area contributed by atoms with Gasteiger partial charge in [0, 0.05) is 27.2 Å². The summed E-state index contributed by atoms with van der Waals surface area (Å²) >= 11 is 0. The van der Waals surface area contributed by atoms with E-state index in [0.717, 1.165) is 4.90 Å². The summed E-state index contributed by atoms with van der Waals surface area (Å²) in [5, 5.41) is 11.2. The van der Waals surface area contributed by atoms with E-state index in [1.807, 2.05) is 0 Å². The topological polar surface area (TPSA) is 116 Å². The molecule has 1 heterocycles. The summed E-state index contributed by atoms with van der Waals surface area (Å²) in [6, 6.07) is -1.69. The summed E-state index contributed by atoms with van der Waals surface area (Å²) < 4.78 is 4.75. The number of amides is 4. The van der Waals surface area contributed by atoms with Crippen LogP contribution in [0.5, 0.6) is 0 Å². The molecule has 0 radical (unpaired) electrons. The number of carboxylic acids is 1. The lowest BCUT2D eigenvalue weighted by Crippen LogP contribution is -2.47. The number of carboxylic acid groups (broad SMARTS) is 1. The molecule has 1 atom stereocenters. The molecule has 9 nitrogen and oxygen atoms in total. The van der Waals surface area contributed by atoms with Crippen LogP contribution in [0.4, 0.5) is 4.79 Å². The zero-order chi connectivity index (χ0) is 15.3. The Kier molecular flexibility index (Phi) is 5.44. The van der Waals surface area contributed by atoms with Crippen LogP contribution >= 0.6 is 0 Å². The third kappa shape index (κ3) is 3.92. The largest absolute Gasteiger partial charge is 0.480 e. The van der Waals surface area contributed by atoms with Crippen LogP contribution in [0.2, 0.25) is 0 Å². The van der Waals surface area contributed by atoms with Crippen molar-refractivity contribution in [1.82, 2.24) is 15.1 Å². The minimum atomic E-state index is -1.20. The third-order valence-electron chi connectivity index (χ3n) is 2.78. The molecule has 1 saturated heterocycles. The second-order valence-corrected chi connectivity index (χ2v) is 4.36. The molecule has 0 aromatic heterocycles. The highest BCUT2D eigenvalue weighted by Gasteiger charge is 2.35. The van der Waals surface area contributed by atoms with Crippen molar-refractivity contribution in [2.75, 3.05) is 33.9 Å². The van der Waals surface area contributed by atoms with Crippen molar-refractivity contribution in [2.45, 2.75) is 12.5 Å². The van der Waals surface area contributed by atoms with E-state index in [1.165, 1.54) is 19.1 Å². The molecule has 1 aliphatic heterocycles. The fourth-order valence-corrected chi connectivity index (χ4v) is 1.70. The highest BCUT2D eigenvalue weighted by atomic mass is 16.5. The van der Waals surface area contributed by atoms with E-state index in [9.17, 15) is 19.2 Å². The van der Waals surface area contributed by atoms with Gasteiger partial charge in [0.2, 0.25) is 5.91 Å². The first-order chi connectivity index (χ1) is 9.36. The van der Waals surface area contributed by atoms with Crippen molar-refractivity contribution < 1.29 is 29.0 Å². The van der Waals surface area contributed by atoms with Crippen molar-refractivity contribution in [3.05, 3.63) is 0 Å². The normalized spacial score (nSPS) is 16.5. The maximum atomic E-state index is 11.7. The van der Waals surface area contributed by atoms with E-state index in [-0.39, 0.29) is 19.6 Å². The van der Waals surface area contributed by atoms with Gasteiger partial charge in [0.15, 0.2) is 0 Å². The molecule has 4 amide bonds. The SMILES string of the molecule is COCCC(NC(=O)CN1C(=O)CN(C)C1=O)C(=O)O. The van der Waals surface area contributed by atoms with Gasteiger partial charge in [-0.2, -0.15) is 0 Å². The van der Waals surface area contributed by atoms with Crippen molar-refractivity contribution >= 4 is 23.8 Å². The lowest BCUT2D eigenvalue weighted by Gasteiger charge is -2.17. The predicted octanol–water partition coefficient (Wildman–Crippen LogP) is -1.51. The van der Waals surface area contributed by atoms with Crippen LogP contribution in [0.1, 0.15) is 6.42 Å². The fraction of sp³-hybridized carbons (Fsp3) is 0.636. The standard InChI is InChI=1S/C11H17N3O6/c1-13-6-9(16)14(11(13)19)5-8(15)12-7(10(17)18)3-4-20-2/h7H,3-6H2,1-2H3,(H,12,15)(H,17,18). The van der Waals surface area contributed by atoms with Crippen molar-refractivity contribution in [3.63, 3.8) is 0 Å². The number of carbonyl (C=O) groups excluding carboxylic acids is 3. The molecular formula is C11H17N3O6. The maximum Gasteiger partial charge on any atom is 0.327 e. The van der Waals surface area contributed by atoms with E-state index in [0.29, 0.717) is 0 Å². The Bertz CT molecular complexity index is 424. The Labute approximate surface area is 115 Å². The number of likely N-dealkylation sites (N-methyl/N-ethyl adjacent to an activating group) is 1. The zero-order valence-electron chi connectivity index (χ0n) is 11.3. The highest BCUT2D eigenvalue weighted by molar-refractivity contribution is 6.04. The maximum absolute atomic E-state index is 11.7. The zero-order valence-corrected chi connectivity index (χ0v) is 11.3. The molecule has 20 heavy (non-hydrogen) atoms. The average molecular weight is 287 g/mol. The van der Waals surface area contributed by atoms with E-state index in [1.54, 1.807) is 0 Å². The van der Waals surface area contributed by atoms with Gasteiger partial charge in [0.25, 0.3) is 5.91 Å². The number of aliphatic carboxylic acids is 1. The third-order valence-corrected chi connectivity index (χ3v) is 2.78. The van der Waals surface area contributed by atoms with Gasteiger partial charge in [-0.15, -0.1) is 0 Å². The number of imide groups is 1. The molecule has 1 fully saturated rings. The quantitative estimate of drug-likeness (QED) is 0.550. The molecule has 0 saturated carbocycles. The molecule has 0 aliphatic carbocycles. The van der Waals surface area contributed by atoms with Crippen LogP contribution < -0.4 is 5.32 Å². The lowest BCUT2D eigenvalue weighted by atomic mass is 10.2. The molecule has 1 aliphatic rings. The Morgan fingerprint density at radius 1 is 1.45 bits per heavy atom. The van der Waals surface area contributed by atoms with Gasteiger partial charge in [0.05, 0.1) is 0 Å². The predicted molar refractivity (Wildman–Crippen MR) is 65.8 cm³/mol. The summed E-state index contributed by atoms with van der Waals surface area (Å²) in [5.41, 5.74) is 0. The summed E-state index contributed by atoms with van der Waals surface area (Å²) in [7, 11) is 2.86. The van der Waals surface area contributed by atoms with Crippen LogP contribution in [-0.2, 0) is 19.1 Å². The monoisotopic (exact) mass is 287 g/mol. The Morgan fingerprint density at radius 2 is 2.10 bits per heavy atom. The number of urea groups is 1. The Morgan fingerprint density at radius 3 is 2.55 bits per heavy atom. The first-order valence-electron chi connectivity index (χ1n) is 5.93. The summed E-state index contributed by atoms with van der Waals surface area (Å²) in [5.74, 6) is -2.39. The average Bonchev–Trinajstić information content (AvgIpc) is 2.61. The minimum Gasteiger partial charge on any atom is -0.480 e. The van der Waals surface area contributed by atoms with Gasteiger partial charge in [0.1, 0.15) is 19.1 Å². The number of hydrogen-bond acceptors (Lipinski definition) is 5. The number of nitrogens with one attached hydrogen (secondary N) is 1. The number of carbonyl (C=O) groups is 4. The molecule has 1 rings (SSSR count).